The first-order valence-electron chi connectivity index (χ1n) is 10.1. The second kappa shape index (κ2) is 9.26. The fourth-order valence-corrected chi connectivity index (χ4v) is 3.26. The van der Waals surface area contributed by atoms with E-state index in [1.54, 1.807) is 0 Å². The first-order chi connectivity index (χ1) is 14.7. The molecule has 152 valence electrons. The third-order valence-electron chi connectivity index (χ3n) is 4.80. The van der Waals surface area contributed by atoms with Crippen LogP contribution >= 0.6 is 0 Å². The minimum atomic E-state index is 0.455. The van der Waals surface area contributed by atoms with Gasteiger partial charge in [-0.05, 0) is 35.2 Å². The van der Waals surface area contributed by atoms with Gasteiger partial charge in [0.05, 0.1) is 0 Å². The molecular weight excluding hydrogens is 376 g/mol. The lowest BCUT2D eigenvalue weighted by Gasteiger charge is -2.10. The normalized spacial score (nSPS) is 10.9. The van der Waals surface area contributed by atoms with Gasteiger partial charge >= 0.3 is 0 Å². The summed E-state index contributed by atoms with van der Waals surface area (Å²) >= 11 is 0. The molecule has 7 nitrogen and oxygen atoms in total. The predicted molar refractivity (Wildman–Crippen MR) is 115 cm³/mol. The minimum absolute atomic E-state index is 0.455. The van der Waals surface area contributed by atoms with Gasteiger partial charge in [0.15, 0.2) is 0 Å². The molecule has 0 aliphatic rings. The Morgan fingerprint density at radius 1 is 0.967 bits per heavy atom. The van der Waals surface area contributed by atoms with E-state index in [0.29, 0.717) is 18.3 Å². The van der Waals surface area contributed by atoms with Crippen LogP contribution in [0.15, 0.2) is 54.6 Å². The summed E-state index contributed by atoms with van der Waals surface area (Å²) in [6.07, 6.45) is 3.08. The SMILES string of the molecule is CCCCc1nc(C)cc(OCc2ccc(-c3ccccc3-c3nn[nH]n3)cc2)n1. The Hall–Kier alpha value is -3.61. The number of nitrogens with zero attached hydrogens (tertiary/aromatic N) is 5. The highest BCUT2D eigenvalue weighted by molar-refractivity contribution is 5.80. The smallest absolute Gasteiger partial charge is 0.217 e. The zero-order valence-electron chi connectivity index (χ0n) is 17.2. The van der Waals surface area contributed by atoms with Crippen LogP contribution in [0.3, 0.4) is 0 Å². The Morgan fingerprint density at radius 3 is 2.50 bits per heavy atom. The van der Waals surface area contributed by atoms with Crippen molar-refractivity contribution in [3.63, 3.8) is 0 Å². The van der Waals surface area contributed by atoms with Gasteiger partial charge in [0.25, 0.3) is 0 Å². The van der Waals surface area contributed by atoms with Crippen molar-refractivity contribution in [1.82, 2.24) is 30.6 Å². The van der Waals surface area contributed by atoms with Crippen LogP contribution in [-0.4, -0.2) is 30.6 Å². The van der Waals surface area contributed by atoms with Crippen molar-refractivity contribution < 1.29 is 4.74 Å². The van der Waals surface area contributed by atoms with E-state index in [1.165, 1.54) is 0 Å². The van der Waals surface area contributed by atoms with E-state index in [2.05, 4.69) is 67.8 Å². The molecule has 1 N–H and O–H groups in total. The lowest BCUT2D eigenvalue weighted by molar-refractivity contribution is 0.291. The van der Waals surface area contributed by atoms with Gasteiger partial charge in [-0.3, -0.25) is 0 Å². The van der Waals surface area contributed by atoms with Crippen LogP contribution in [0.4, 0.5) is 0 Å². The maximum Gasteiger partial charge on any atom is 0.217 e. The average Bonchev–Trinajstić information content (AvgIpc) is 3.31. The number of nitrogens with one attached hydrogen (secondary N) is 1. The number of rotatable bonds is 8. The van der Waals surface area contributed by atoms with Crippen molar-refractivity contribution in [2.75, 3.05) is 0 Å². The molecule has 7 heteroatoms. The van der Waals surface area contributed by atoms with Crippen LogP contribution < -0.4 is 4.74 Å². The van der Waals surface area contributed by atoms with Gasteiger partial charge in [-0.15, -0.1) is 10.2 Å². The molecule has 0 atom stereocenters. The van der Waals surface area contributed by atoms with Crippen molar-refractivity contribution in [3.05, 3.63) is 71.7 Å². The van der Waals surface area contributed by atoms with Crippen LogP contribution in [0.1, 0.15) is 36.8 Å². The molecule has 0 aliphatic carbocycles. The lowest BCUT2D eigenvalue weighted by Crippen LogP contribution is -2.03. The van der Waals surface area contributed by atoms with Gasteiger partial charge in [-0.1, -0.05) is 61.9 Å². The number of tetrazole rings is 1. The molecule has 4 aromatic rings. The monoisotopic (exact) mass is 400 g/mol. The zero-order valence-corrected chi connectivity index (χ0v) is 17.2. The van der Waals surface area contributed by atoms with Gasteiger partial charge in [0.1, 0.15) is 12.4 Å². The Kier molecular flexibility index (Phi) is 6.08. The van der Waals surface area contributed by atoms with Crippen LogP contribution in [0, 0.1) is 6.92 Å². The fraction of sp³-hybridized carbons (Fsp3) is 0.261. The highest BCUT2D eigenvalue weighted by atomic mass is 16.5. The van der Waals surface area contributed by atoms with Gasteiger partial charge in [0.2, 0.25) is 11.7 Å². The molecule has 30 heavy (non-hydrogen) atoms. The van der Waals surface area contributed by atoms with Crippen LogP contribution in [-0.2, 0) is 13.0 Å². The first-order valence-corrected chi connectivity index (χ1v) is 10.1. The number of H-pyrrole nitrogens is 1. The van der Waals surface area contributed by atoms with Crippen LogP contribution in [0.2, 0.25) is 0 Å². The number of aryl methyl sites for hydroxylation is 2. The Balaban J connectivity index is 1.47. The standard InChI is InChI=1S/C23H24N6O/c1-3-4-9-21-24-16(2)14-22(25-21)30-15-17-10-12-18(13-11-17)19-7-5-6-8-20(19)23-26-28-29-27-23/h5-8,10-14H,3-4,9,15H2,1-2H3,(H,26,27,28,29). The summed E-state index contributed by atoms with van der Waals surface area (Å²) in [5, 5.41) is 14.4. The molecule has 0 amide bonds. The van der Waals surface area contributed by atoms with Crippen molar-refractivity contribution in [2.45, 2.75) is 39.7 Å². The number of hydrogen-bond acceptors (Lipinski definition) is 6. The molecule has 2 heterocycles. The van der Waals surface area contributed by atoms with Crippen molar-refractivity contribution in [1.29, 1.82) is 0 Å². The quantitative estimate of drug-likeness (QED) is 0.467. The summed E-state index contributed by atoms with van der Waals surface area (Å²) in [6, 6.07) is 18.2. The molecule has 0 bridgehead atoms. The highest BCUT2D eigenvalue weighted by Crippen LogP contribution is 2.29. The highest BCUT2D eigenvalue weighted by Gasteiger charge is 2.10. The molecule has 0 radical (unpaired) electrons. The summed E-state index contributed by atoms with van der Waals surface area (Å²) in [5.74, 6) is 2.05. The zero-order chi connectivity index (χ0) is 20.8. The summed E-state index contributed by atoms with van der Waals surface area (Å²) in [5.41, 5.74) is 5.07. The lowest BCUT2D eigenvalue weighted by atomic mass is 9.98. The number of hydrogen-bond donors (Lipinski definition) is 1. The number of ether oxygens (including phenoxy) is 1. The van der Waals surface area contributed by atoms with Gasteiger partial charge < -0.3 is 4.74 Å². The first kappa shape index (κ1) is 19.7. The van der Waals surface area contributed by atoms with Gasteiger partial charge in [-0.2, -0.15) is 10.2 Å². The van der Waals surface area contributed by atoms with Crippen molar-refractivity contribution in [2.24, 2.45) is 0 Å². The fourth-order valence-electron chi connectivity index (χ4n) is 3.26. The molecule has 4 rings (SSSR count). The summed E-state index contributed by atoms with van der Waals surface area (Å²) in [4.78, 5) is 9.03. The van der Waals surface area contributed by atoms with E-state index in [0.717, 1.165) is 53.0 Å². The average molecular weight is 400 g/mol. The third-order valence-corrected chi connectivity index (χ3v) is 4.80. The summed E-state index contributed by atoms with van der Waals surface area (Å²) < 4.78 is 5.94. The van der Waals surface area contributed by atoms with E-state index >= 15 is 0 Å². The second-order valence-electron chi connectivity index (χ2n) is 7.13. The molecule has 0 fully saturated rings. The molecule has 0 saturated carbocycles. The number of unbranched alkanes of at least 4 members (excludes halogenated alkanes) is 1. The van der Waals surface area contributed by atoms with Crippen molar-refractivity contribution in [3.8, 4) is 28.4 Å². The largest absolute Gasteiger partial charge is 0.473 e. The molecule has 2 aromatic carbocycles. The predicted octanol–water partition coefficient (Wildman–Crippen LogP) is 4.55. The van der Waals surface area contributed by atoms with Crippen LogP contribution in [0.25, 0.3) is 22.5 Å². The maximum atomic E-state index is 5.94. The molecule has 2 aromatic heterocycles. The molecule has 0 aliphatic heterocycles. The molecule has 0 spiro atoms. The molecule has 0 unspecified atom stereocenters. The Bertz CT molecular complexity index is 1090. The minimum Gasteiger partial charge on any atom is -0.473 e. The number of aromatic amines is 1. The van der Waals surface area contributed by atoms with Gasteiger partial charge in [0, 0.05) is 23.7 Å². The molecular formula is C23H24N6O. The molecule has 0 saturated heterocycles. The second-order valence-corrected chi connectivity index (χ2v) is 7.13. The Labute approximate surface area is 175 Å². The van der Waals surface area contributed by atoms with Crippen LogP contribution in [0.5, 0.6) is 5.88 Å². The van der Waals surface area contributed by atoms with E-state index < -0.39 is 0 Å². The van der Waals surface area contributed by atoms with E-state index in [-0.39, 0.29) is 0 Å². The summed E-state index contributed by atoms with van der Waals surface area (Å²) in [6.45, 7) is 4.59. The topological polar surface area (TPSA) is 89.5 Å². The Morgan fingerprint density at radius 2 is 1.77 bits per heavy atom. The van der Waals surface area contributed by atoms with Gasteiger partial charge in [-0.25, -0.2) is 4.98 Å². The van der Waals surface area contributed by atoms with E-state index in [9.17, 15) is 0 Å². The third kappa shape index (κ3) is 4.68. The number of benzene rings is 2. The van der Waals surface area contributed by atoms with E-state index in [1.807, 2.05) is 31.2 Å². The number of aromatic nitrogens is 6. The van der Waals surface area contributed by atoms with E-state index in [4.69, 9.17) is 4.74 Å². The van der Waals surface area contributed by atoms with Crippen molar-refractivity contribution >= 4 is 0 Å². The maximum absolute atomic E-state index is 5.94. The summed E-state index contributed by atoms with van der Waals surface area (Å²) in [7, 11) is 0.